The van der Waals surface area contributed by atoms with Gasteiger partial charge in [0.2, 0.25) is 0 Å². The summed E-state index contributed by atoms with van der Waals surface area (Å²) in [5.41, 5.74) is 2.07. The fourth-order valence-electron chi connectivity index (χ4n) is 3.49. The van der Waals surface area contributed by atoms with Gasteiger partial charge in [-0.1, -0.05) is 52.8 Å². The first kappa shape index (κ1) is 21.5. The molecule has 0 radical (unpaired) electrons. The Kier molecular flexibility index (Phi) is 6.11. The van der Waals surface area contributed by atoms with Gasteiger partial charge in [-0.3, -0.25) is 4.79 Å². The van der Waals surface area contributed by atoms with Gasteiger partial charge in [0.25, 0.3) is 0 Å². The third-order valence-corrected chi connectivity index (χ3v) is 5.89. The maximum Gasteiger partial charge on any atom is 0.146 e. The molecular weight excluding hydrogens is 382 g/mol. The number of hydrogen-bond donors (Lipinski definition) is 0. The van der Waals surface area contributed by atoms with Gasteiger partial charge < -0.3 is 9.47 Å². The van der Waals surface area contributed by atoms with E-state index in [0.717, 1.165) is 32.1 Å². The molecule has 1 aromatic heterocycles. The van der Waals surface area contributed by atoms with Gasteiger partial charge >= 0.3 is 0 Å². The average Bonchev–Trinajstić information content (AvgIpc) is 3.10. The van der Waals surface area contributed by atoms with Gasteiger partial charge in [0, 0.05) is 10.8 Å². The topological polar surface area (TPSA) is 48.4 Å². The number of para-hydroxylation sites is 1. The number of nitrogens with zero attached hydrogens (tertiary/aromatic N) is 1. The van der Waals surface area contributed by atoms with Crippen LogP contribution in [0.3, 0.4) is 0 Å². The van der Waals surface area contributed by atoms with E-state index in [4.69, 9.17) is 14.5 Å². The summed E-state index contributed by atoms with van der Waals surface area (Å²) < 4.78 is 12.7. The number of methoxy groups -OCH3 is 1. The number of rotatable bonds is 7. The molecule has 0 unspecified atom stereocenters. The number of ketones is 1. The van der Waals surface area contributed by atoms with Crippen molar-refractivity contribution in [1.29, 1.82) is 0 Å². The Balaban J connectivity index is 1.73. The molecule has 0 saturated heterocycles. The molecule has 2 aromatic carbocycles. The molecule has 0 bridgehead atoms. The van der Waals surface area contributed by atoms with Crippen molar-refractivity contribution in [2.24, 2.45) is 10.8 Å². The minimum atomic E-state index is -0.525. The van der Waals surface area contributed by atoms with Crippen molar-refractivity contribution in [3.05, 3.63) is 48.0 Å². The van der Waals surface area contributed by atoms with Crippen LogP contribution in [0.25, 0.3) is 20.8 Å². The summed E-state index contributed by atoms with van der Waals surface area (Å²) >= 11 is 1.65. The Morgan fingerprint density at radius 1 is 1.07 bits per heavy atom. The van der Waals surface area contributed by atoms with E-state index in [-0.39, 0.29) is 11.2 Å². The molecule has 0 spiro atoms. The molecule has 3 aromatic rings. The van der Waals surface area contributed by atoms with Gasteiger partial charge in [0.05, 0.1) is 36.1 Å². The molecule has 1 heterocycles. The first-order valence-corrected chi connectivity index (χ1v) is 10.6. The molecule has 4 nitrogen and oxygen atoms in total. The van der Waals surface area contributed by atoms with E-state index in [0.29, 0.717) is 13.2 Å². The number of carbonyl (C=O) groups is 1. The summed E-state index contributed by atoms with van der Waals surface area (Å²) in [4.78, 5) is 17.3. The maximum absolute atomic E-state index is 12.6. The van der Waals surface area contributed by atoms with Gasteiger partial charge in [-0.25, -0.2) is 4.98 Å². The summed E-state index contributed by atoms with van der Waals surface area (Å²) in [6, 6.07) is 14.2. The second-order valence-corrected chi connectivity index (χ2v) is 10.0. The standard InChI is InChI=1S/C24H29NO3S/c1-23(2,3)22(26)24(4,5)15-28-14-16-11-12-17(19(13-16)27-6)21-25-18-9-7-8-10-20(18)29-21/h7-13H,14-15H2,1-6H3. The highest BCUT2D eigenvalue weighted by Crippen LogP contribution is 2.36. The van der Waals surface area contributed by atoms with E-state index in [1.807, 2.05) is 71.0 Å². The number of hydrogen-bond acceptors (Lipinski definition) is 5. The predicted molar refractivity (Wildman–Crippen MR) is 120 cm³/mol. The molecule has 0 aliphatic carbocycles. The highest BCUT2D eigenvalue weighted by molar-refractivity contribution is 7.21. The number of thiazole rings is 1. The number of carbonyl (C=O) groups excluding carboxylic acids is 1. The van der Waals surface area contributed by atoms with Crippen LogP contribution in [0.2, 0.25) is 0 Å². The molecule has 0 N–H and O–H groups in total. The van der Waals surface area contributed by atoms with E-state index >= 15 is 0 Å². The molecule has 154 valence electrons. The number of benzene rings is 2. The fraction of sp³-hybridized carbons (Fsp3) is 0.417. The summed E-state index contributed by atoms with van der Waals surface area (Å²) in [6.07, 6.45) is 0. The van der Waals surface area contributed by atoms with Crippen LogP contribution in [0.15, 0.2) is 42.5 Å². The Labute approximate surface area is 176 Å². The van der Waals surface area contributed by atoms with Crippen molar-refractivity contribution in [3.63, 3.8) is 0 Å². The van der Waals surface area contributed by atoms with E-state index < -0.39 is 5.41 Å². The zero-order valence-electron chi connectivity index (χ0n) is 18.0. The second kappa shape index (κ2) is 8.25. The summed E-state index contributed by atoms with van der Waals surface area (Å²) in [5.74, 6) is 0.976. The Hall–Kier alpha value is -2.24. The van der Waals surface area contributed by atoms with Crippen LogP contribution in [0.4, 0.5) is 0 Å². The average molecular weight is 412 g/mol. The third kappa shape index (κ3) is 4.85. The monoisotopic (exact) mass is 411 g/mol. The Bertz CT molecular complexity index is 981. The van der Waals surface area contributed by atoms with Gasteiger partial charge in [-0.05, 0) is 29.8 Å². The predicted octanol–water partition coefficient (Wildman–Crippen LogP) is 6.13. The van der Waals surface area contributed by atoms with Crippen molar-refractivity contribution in [2.75, 3.05) is 13.7 Å². The summed E-state index contributed by atoms with van der Waals surface area (Å²) in [6.45, 7) is 10.5. The molecule has 0 aliphatic rings. The zero-order valence-corrected chi connectivity index (χ0v) is 18.9. The van der Waals surface area contributed by atoms with E-state index in [9.17, 15) is 4.79 Å². The lowest BCUT2D eigenvalue weighted by Crippen LogP contribution is -2.38. The van der Waals surface area contributed by atoms with E-state index in [2.05, 4.69) is 6.07 Å². The SMILES string of the molecule is COc1cc(COCC(C)(C)C(=O)C(C)(C)C)ccc1-c1nc2ccccc2s1. The largest absolute Gasteiger partial charge is 0.496 e. The molecule has 29 heavy (non-hydrogen) atoms. The van der Waals surface area contributed by atoms with Crippen LogP contribution in [0.5, 0.6) is 5.75 Å². The first-order valence-electron chi connectivity index (χ1n) is 9.77. The van der Waals surface area contributed by atoms with Gasteiger partial charge in [0.15, 0.2) is 0 Å². The van der Waals surface area contributed by atoms with Crippen LogP contribution in [-0.2, 0) is 16.1 Å². The summed E-state index contributed by atoms with van der Waals surface area (Å²) in [5, 5.41) is 0.937. The quantitative estimate of drug-likeness (QED) is 0.469. The molecule has 0 aliphatic heterocycles. The van der Waals surface area contributed by atoms with Crippen LogP contribution < -0.4 is 4.74 Å². The first-order chi connectivity index (χ1) is 13.6. The van der Waals surface area contributed by atoms with Crippen LogP contribution >= 0.6 is 11.3 Å². The molecule has 5 heteroatoms. The molecule has 0 amide bonds. The van der Waals surface area contributed by atoms with Crippen molar-refractivity contribution in [2.45, 2.75) is 41.2 Å². The van der Waals surface area contributed by atoms with Crippen molar-refractivity contribution < 1.29 is 14.3 Å². The van der Waals surface area contributed by atoms with Gasteiger partial charge in [0.1, 0.15) is 16.5 Å². The summed E-state index contributed by atoms with van der Waals surface area (Å²) in [7, 11) is 1.67. The lowest BCUT2D eigenvalue weighted by atomic mass is 9.75. The number of ether oxygens (including phenoxy) is 2. The smallest absolute Gasteiger partial charge is 0.146 e. The minimum Gasteiger partial charge on any atom is -0.496 e. The maximum atomic E-state index is 12.6. The number of Topliss-reactive ketones (excluding diaryl/α,β-unsaturated/α-hetero) is 1. The van der Waals surface area contributed by atoms with Gasteiger partial charge in [-0.2, -0.15) is 0 Å². The Morgan fingerprint density at radius 3 is 2.45 bits per heavy atom. The third-order valence-electron chi connectivity index (χ3n) is 4.82. The van der Waals surface area contributed by atoms with Crippen molar-refractivity contribution >= 4 is 27.3 Å². The second-order valence-electron chi connectivity index (χ2n) is 8.98. The number of fused-ring (bicyclic) bond motifs is 1. The minimum absolute atomic E-state index is 0.203. The lowest BCUT2D eigenvalue weighted by Gasteiger charge is -2.30. The highest BCUT2D eigenvalue weighted by atomic mass is 32.1. The normalized spacial score (nSPS) is 12.3. The molecule has 0 saturated carbocycles. The van der Waals surface area contributed by atoms with Crippen LogP contribution in [0, 0.1) is 10.8 Å². The van der Waals surface area contributed by atoms with Crippen LogP contribution in [0.1, 0.15) is 40.2 Å². The highest BCUT2D eigenvalue weighted by Gasteiger charge is 2.36. The number of aromatic nitrogens is 1. The molecular formula is C24H29NO3S. The van der Waals surface area contributed by atoms with Crippen molar-refractivity contribution in [3.8, 4) is 16.3 Å². The molecule has 0 fully saturated rings. The van der Waals surface area contributed by atoms with Crippen LogP contribution in [-0.4, -0.2) is 24.5 Å². The fourth-order valence-corrected chi connectivity index (χ4v) is 4.49. The van der Waals surface area contributed by atoms with E-state index in [1.165, 1.54) is 0 Å². The van der Waals surface area contributed by atoms with E-state index in [1.54, 1.807) is 18.4 Å². The van der Waals surface area contributed by atoms with Gasteiger partial charge in [-0.15, -0.1) is 11.3 Å². The molecule has 0 atom stereocenters. The molecule has 3 rings (SSSR count). The lowest BCUT2D eigenvalue weighted by molar-refractivity contribution is -0.138. The zero-order chi connectivity index (χ0) is 21.2. The Morgan fingerprint density at radius 2 is 1.79 bits per heavy atom. The van der Waals surface area contributed by atoms with Crippen molar-refractivity contribution in [1.82, 2.24) is 4.98 Å².